The number of nitrogens with zero attached hydrogens (tertiary/aromatic N) is 1. The van der Waals surface area contributed by atoms with Crippen LogP contribution in [0.3, 0.4) is 0 Å². The molecule has 1 heterocycles. The topological polar surface area (TPSA) is 17.0 Å². The van der Waals surface area contributed by atoms with E-state index in [0.717, 1.165) is 13.1 Å². The van der Waals surface area contributed by atoms with Crippen molar-refractivity contribution in [2.75, 3.05) is 0 Å². The highest BCUT2D eigenvalue weighted by atomic mass is 15.0. The van der Waals surface area contributed by atoms with Gasteiger partial charge in [0, 0.05) is 31.5 Å². The lowest BCUT2D eigenvalue weighted by atomic mass is 9.63. The first-order chi connectivity index (χ1) is 9.30. The lowest BCUT2D eigenvalue weighted by molar-refractivity contribution is 0.0845. The van der Waals surface area contributed by atoms with Crippen LogP contribution in [0.2, 0.25) is 0 Å². The summed E-state index contributed by atoms with van der Waals surface area (Å²) in [6.07, 6.45) is 9.63. The summed E-state index contributed by atoms with van der Waals surface area (Å²) in [5.41, 5.74) is 2.35. The monoisotopic (exact) mass is 276 g/mol. The molecule has 1 fully saturated rings. The van der Waals surface area contributed by atoms with E-state index in [2.05, 4.69) is 63.0 Å². The van der Waals surface area contributed by atoms with Gasteiger partial charge in [0.15, 0.2) is 0 Å². The molecule has 1 aromatic rings. The molecule has 0 aliphatic heterocycles. The molecule has 114 valence electrons. The predicted molar refractivity (Wildman–Crippen MR) is 86.8 cm³/mol. The smallest absolute Gasteiger partial charge is 0.0223 e. The third kappa shape index (κ3) is 4.37. The van der Waals surface area contributed by atoms with Gasteiger partial charge in [0.2, 0.25) is 0 Å². The van der Waals surface area contributed by atoms with Crippen LogP contribution in [-0.4, -0.2) is 10.6 Å². The Kier molecular flexibility index (Phi) is 4.63. The molecule has 20 heavy (non-hydrogen) atoms. The fourth-order valence-corrected chi connectivity index (χ4v) is 4.24. The van der Waals surface area contributed by atoms with Gasteiger partial charge in [-0.1, -0.05) is 34.6 Å². The van der Waals surface area contributed by atoms with E-state index in [-0.39, 0.29) is 0 Å². The van der Waals surface area contributed by atoms with Crippen LogP contribution in [0, 0.1) is 10.8 Å². The van der Waals surface area contributed by atoms with Gasteiger partial charge in [-0.15, -0.1) is 0 Å². The van der Waals surface area contributed by atoms with Gasteiger partial charge in [-0.05, 0) is 48.1 Å². The molecular weight excluding hydrogens is 244 g/mol. The van der Waals surface area contributed by atoms with Crippen molar-refractivity contribution in [1.82, 2.24) is 9.88 Å². The van der Waals surface area contributed by atoms with Crippen molar-refractivity contribution in [3.05, 3.63) is 24.0 Å². The number of hydrogen-bond acceptors (Lipinski definition) is 1. The van der Waals surface area contributed by atoms with Gasteiger partial charge >= 0.3 is 0 Å². The highest BCUT2D eigenvalue weighted by molar-refractivity contribution is 5.10. The summed E-state index contributed by atoms with van der Waals surface area (Å²) in [7, 11) is 0. The molecule has 2 heteroatoms. The maximum Gasteiger partial charge on any atom is 0.0223 e. The Bertz CT molecular complexity index is 412. The zero-order valence-electron chi connectivity index (χ0n) is 14.0. The van der Waals surface area contributed by atoms with Crippen molar-refractivity contribution in [2.24, 2.45) is 10.8 Å². The first-order valence-electron chi connectivity index (χ1n) is 8.18. The molecule has 0 atom stereocenters. The molecule has 1 aliphatic rings. The number of rotatable bonds is 5. The van der Waals surface area contributed by atoms with E-state index in [1.54, 1.807) is 0 Å². The second-order valence-electron chi connectivity index (χ2n) is 8.25. The van der Waals surface area contributed by atoms with Crippen molar-refractivity contribution in [1.29, 1.82) is 0 Å². The van der Waals surface area contributed by atoms with E-state index in [0.29, 0.717) is 16.9 Å². The number of nitrogens with one attached hydrogen (secondary N) is 1. The van der Waals surface area contributed by atoms with Gasteiger partial charge < -0.3 is 9.88 Å². The summed E-state index contributed by atoms with van der Waals surface area (Å²) >= 11 is 0. The summed E-state index contributed by atoms with van der Waals surface area (Å²) in [5.74, 6) is 0. The molecule has 1 N–H and O–H groups in total. The fraction of sp³-hybridized carbons (Fsp3) is 0.778. The molecule has 0 aromatic carbocycles. The Hall–Kier alpha value is -0.760. The van der Waals surface area contributed by atoms with E-state index in [4.69, 9.17) is 0 Å². The minimum atomic E-state index is 0.466. The predicted octanol–water partition coefficient (Wildman–Crippen LogP) is 4.59. The standard InChI is InChI=1S/C18H32N2/c1-6-8-20-9-7-15(13-20)12-19-16-10-17(2,3)14-18(4,5)11-16/h7,9,13,16,19H,6,8,10-12,14H2,1-5H3. The first-order valence-corrected chi connectivity index (χ1v) is 8.18. The van der Waals surface area contributed by atoms with Crippen LogP contribution >= 0.6 is 0 Å². The second kappa shape index (κ2) is 5.93. The largest absolute Gasteiger partial charge is 0.354 e. The highest BCUT2D eigenvalue weighted by Gasteiger charge is 2.38. The van der Waals surface area contributed by atoms with Crippen molar-refractivity contribution >= 4 is 0 Å². The van der Waals surface area contributed by atoms with Gasteiger partial charge in [-0.2, -0.15) is 0 Å². The van der Waals surface area contributed by atoms with Gasteiger partial charge in [0.05, 0.1) is 0 Å². The number of aryl methyl sites for hydroxylation is 1. The summed E-state index contributed by atoms with van der Waals surface area (Å²) < 4.78 is 2.30. The average molecular weight is 276 g/mol. The Labute approximate surface area is 125 Å². The molecule has 1 aliphatic carbocycles. The van der Waals surface area contributed by atoms with Crippen LogP contribution in [0.1, 0.15) is 65.9 Å². The third-order valence-electron chi connectivity index (χ3n) is 4.44. The van der Waals surface area contributed by atoms with E-state index in [1.165, 1.54) is 31.2 Å². The van der Waals surface area contributed by atoms with E-state index in [1.807, 2.05) is 0 Å². The van der Waals surface area contributed by atoms with Gasteiger partial charge in [-0.25, -0.2) is 0 Å². The molecule has 0 amide bonds. The summed E-state index contributed by atoms with van der Waals surface area (Å²) in [4.78, 5) is 0. The number of hydrogen-bond donors (Lipinski definition) is 1. The van der Waals surface area contributed by atoms with Crippen LogP contribution in [0.4, 0.5) is 0 Å². The fourth-order valence-electron chi connectivity index (χ4n) is 4.24. The maximum absolute atomic E-state index is 3.79. The Morgan fingerprint density at radius 2 is 1.85 bits per heavy atom. The average Bonchev–Trinajstić information content (AvgIpc) is 2.70. The van der Waals surface area contributed by atoms with Gasteiger partial charge in [0.1, 0.15) is 0 Å². The molecule has 0 unspecified atom stereocenters. The summed E-state index contributed by atoms with van der Waals surface area (Å²) in [6.45, 7) is 14.0. The van der Waals surface area contributed by atoms with Crippen molar-refractivity contribution in [3.8, 4) is 0 Å². The second-order valence-corrected chi connectivity index (χ2v) is 8.25. The summed E-state index contributed by atoms with van der Waals surface area (Å²) in [5, 5.41) is 3.79. The lowest BCUT2D eigenvalue weighted by Gasteiger charge is -2.45. The molecule has 1 aromatic heterocycles. The van der Waals surface area contributed by atoms with Crippen LogP contribution in [0.25, 0.3) is 0 Å². The summed E-state index contributed by atoms with van der Waals surface area (Å²) in [6, 6.07) is 2.91. The minimum Gasteiger partial charge on any atom is -0.354 e. The highest BCUT2D eigenvalue weighted by Crippen LogP contribution is 2.45. The van der Waals surface area contributed by atoms with Crippen LogP contribution in [0.15, 0.2) is 18.5 Å². The van der Waals surface area contributed by atoms with Gasteiger partial charge in [-0.3, -0.25) is 0 Å². The van der Waals surface area contributed by atoms with Crippen molar-refractivity contribution in [2.45, 2.75) is 79.4 Å². The zero-order chi connectivity index (χ0) is 14.8. The van der Waals surface area contributed by atoms with Crippen molar-refractivity contribution < 1.29 is 0 Å². The SMILES string of the molecule is CCCn1ccc(CNC2CC(C)(C)CC(C)(C)C2)c1. The van der Waals surface area contributed by atoms with E-state index < -0.39 is 0 Å². The molecule has 2 nitrogen and oxygen atoms in total. The minimum absolute atomic E-state index is 0.466. The third-order valence-corrected chi connectivity index (χ3v) is 4.44. The molecule has 0 spiro atoms. The van der Waals surface area contributed by atoms with E-state index in [9.17, 15) is 0 Å². The van der Waals surface area contributed by atoms with Crippen LogP contribution in [-0.2, 0) is 13.1 Å². The number of aromatic nitrogens is 1. The Morgan fingerprint density at radius 1 is 1.20 bits per heavy atom. The lowest BCUT2D eigenvalue weighted by Crippen LogP contribution is -2.43. The van der Waals surface area contributed by atoms with Crippen molar-refractivity contribution in [3.63, 3.8) is 0 Å². The molecule has 0 bridgehead atoms. The molecule has 0 radical (unpaired) electrons. The Morgan fingerprint density at radius 3 is 2.45 bits per heavy atom. The van der Waals surface area contributed by atoms with Gasteiger partial charge in [0.25, 0.3) is 0 Å². The quantitative estimate of drug-likeness (QED) is 0.832. The molecule has 2 rings (SSSR count). The Balaban J connectivity index is 1.89. The molecule has 0 saturated heterocycles. The molecule has 1 saturated carbocycles. The van der Waals surface area contributed by atoms with E-state index >= 15 is 0 Å². The first kappa shape index (κ1) is 15.6. The molecular formula is C18H32N2. The normalized spacial score (nSPS) is 22.1. The van der Waals surface area contributed by atoms with Crippen LogP contribution in [0.5, 0.6) is 0 Å². The maximum atomic E-state index is 3.79. The zero-order valence-corrected chi connectivity index (χ0v) is 14.0. The van der Waals surface area contributed by atoms with Crippen LogP contribution < -0.4 is 5.32 Å².